The molecular formula is C11H20O2. The third-order valence-corrected chi connectivity index (χ3v) is 2.38. The topological polar surface area (TPSA) is 29.5 Å². The van der Waals surface area contributed by atoms with Crippen molar-refractivity contribution in [1.29, 1.82) is 0 Å². The van der Waals surface area contributed by atoms with Crippen LogP contribution in [-0.2, 0) is 4.74 Å². The van der Waals surface area contributed by atoms with Crippen LogP contribution in [0.3, 0.4) is 0 Å². The molecule has 1 saturated carbocycles. The second-order valence-corrected chi connectivity index (χ2v) is 4.85. The van der Waals surface area contributed by atoms with Crippen molar-refractivity contribution in [2.24, 2.45) is 5.92 Å². The molecule has 1 N–H and O–H groups in total. The highest BCUT2D eigenvalue weighted by Crippen LogP contribution is 2.33. The lowest BCUT2D eigenvalue weighted by molar-refractivity contribution is -0.0573. The quantitative estimate of drug-likeness (QED) is 0.668. The number of hydrogen-bond donors (Lipinski definition) is 1. The molecule has 13 heavy (non-hydrogen) atoms. The largest absolute Gasteiger partial charge is 0.513 e. The second-order valence-electron chi connectivity index (χ2n) is 4.85. The van der Waals surface area contributed by atoms with Crippen molar-refractivity contribution in [2.45, 2.75) is 51.7 Å². The number of rotatable bonds is 2. The summed E-state index contributed by atoms with van der Waals surface area (Å²) in [5.41, 5.74) is -0.0731. The lowest BCUT2D eigenvalue weighted by Gasteiger charge is -2.24. The van der Waals surface area contributed by atoms with Crippen molar-refractivity contribution in [3.05, 3.63) is 12.3 Å². The lowest BCUT2D eigenvalue weighted by atomic mass is 10.1. The van der Waals surface area contributed by atoms with Gasteiger partial charge < -0.3 is 9.84 Å². The van der Waals surface area contributed by atoms with E-state index >= 15 is 0 Å². The Morgan fingerprint density at radius 1 is 1.38 bits per heavy atom. The van der Waals surface area contributed by atoms with E-state index in [4.69, 9.17) is 4.74 Å². The minimum atomic E-state index is -0.0731. The minimum Gasteiger partial charge on any atom is -0.513 e. The van der Waals surface area contributed by atoms with Crippen LogP contribution in [0.15, 0.2) is 12.3 Å². The number of aliphatic hydroxyl groups is 1. The van der Waals surface area contributed by atoms with Gasteiger partial charge in [-0.2, -0.15) is 0 Å². The second kappa shape index (κ2) is 3.70. The van der Waals surface area contributed by atoms with Gasteiger partial charge in [-0.3, -0.25) is 0 Å². The van der Waals surface area contributed by atoms with Gasteiger partial charge in [-0.05, 0) is 40.0 Å². The maximum Gasteiger partial charge on any atom is 0.0882 e. The molecular weight excluding hydrogens is 164 g/mol. The molecule has 0 radical (unpaired) electrons. The summed E-state index contributed by atoms with van der Waals surface area (Å²) < 4.78 is 5.83. The summed E-state index contributed by atoms with van der Waals surface area (Å²) in [6, 6.07) is 0. The third-order valence-electron chi connectivity index (χ3n) is 2.38. The van der Waals surface area contributed by atoms with Gasteiger partial charge in [0.1, 0.15) is 0 Å². The van der Waals surface area contributed by atoms with E-state index in [-0.39, 0.29) is 11.5 Å². The van der Waals surface area contributed by atoms with E-state index in [1.807, 2.05) is 0 Å². The Kier molecular flexibility index (Phi) is 3.01. The third kappa shape index (κ3) is 3.39. The molecule has 76 valence electrons. The van der Waals surface area contributed by atoms with Crippen LogP contribution < -0.4 is 0 Å². The SMILES string of the molecule is C=C(O)[C@H]1CC[C@H](OC(C)(C)C)C1. The first kappa shape index (κ1) is 10.6. The summed E-state index contributed by atoms with van der Waals surface area (Å²) in [5.74, 6) is 0.576. The van der Waals surface area contributed by atoms with E-state index in [9.17, 15) is 5.11 Å². The Bertz CT molecular complexity index is 191. The molecule has 0 aliphatic heterocycles. The van der Waals surface area contributed by atoms with Gasteiger partial charge in [0.05, 0.1) is 17.5 Å². The molecule has 0 unspecified atom stereocenters. The molecule has 0 heterocycles. The van der Waals surface area contributed by atoms with Crippen LogP contribution in [0.5, 0.6) is 0 Å². The highest BCUT2D eigenvalue weighted by atomic mass is 16.5. The van der Waals surface area contributed by atoms with Gasteiger partial charge in [-0.1, -0.05) is 6.58 Å². The predicted molar refractivity (Wildman–Crippen MR) is 53.7 cm³/mol. The fourth-order valence-corrected chi connectivity index (χ4v) is 1.85. The Labute approximate surface area is 80.6 Å². The number of ether oxygens (including phenoxy) is 1. The summed E-state index contributed by atoms with van der Waals surface area (Å²) in [4.78, 5) is 0. The monoisotopic (exact) mass is 184 g/mol. The van der Waals surface area contributed by atoms with E-state index in [1.165, 1.54) is 0 Å². The van der Waals surface area contributed by atoms with Crippen molar-refractivity contribution >= 4 is 0 Å². The Balaban J connectivity index is 2.38. The van der Waals surface area contributed by atoms with Gasteiger partial charge in [0.25, 0.3) is 0 Å². The lowest BCUT2D eigenvalue weighted by Crippen LogP contribution is -2.25. The van der Waals surface area contributed by atoms with Crippen LogP contribution in [0.2, 0.25) is 0 Å². The average molecular weight is 184 g/mol. The van der Waals surface area contributed by atoms with Crippen molar-refractivity contribution in [1.82, 2.24) is 0 Å². The van der Waals surface area contributed by atoms with Gasteiger partial charge in [-0.25, -0.2) is 0 Å². The zero-order valence-electron chi connectivity index (χ0n) is 8.84. The summed E-state index contributed by atoms with van der Waals surface area (Å²) >= 11 is 0. The standard InChI is InChI=1S/C11H20O2/c1-8(12)9-5-6-10(7-9)13-11(2,3)4/h9-10,12H,1,5-7H2,2-4H3/t9-,10-/m0/s1. The van der Waals surface area contributed by atoms with Crippen molar-refractivity contribution in [3.63, 3.8) is 0 Å². The Hall–Kier alpha value is -0.500. The number of aliphatic hydroxyl groups excluding tert-OH is 1. The Morgan fingerprint density at radius 3 is 2.38 bits per heavy atom. The van der Waals surface area contributed by atoms with Crippen LogP contribution in [0.25, 0.3) is 0 Å². The van der Waals surface area contributed by atoms with Crippen LogP contribution in [0, 0.1) is 5.92 Å². The molecule has 0 aromatic carbocycles. The Morgan fingerprint density at radius 2 is 2.00 bits per heavy atom. The van der Waals surface area contributed by atoms with Gasteiger partial charge in [0.15, 0.2) is 0 Å². The molecule has 0 amide bonds. The normalized spacial score (nSPS) is 29.2. The summed E-state index contributed by atoms with van der Waals surface area (Å²) in [5, 5.41) is 9.22. The fourth-order valence-electron chi connectivity index (χ4n) is 1.85. The van der Waals surface area contributed by atoms with Crippen molar-refractivity contribution in [2.75, 3.05) is 0 Å². The number of allylic oxidation sites excluding steroid dienone is 1. The van der Waals surface area contributed by atoms with Crippen LogP contribution in [0.1, 0.15) is 40.0 Å². The van der Waals surface area contributed by atoms with Crippen molar-refractivity contribution < 1.29 is 9.84 Å². The molecule has 2 atom stereocenters. The zero-order valence-corrected chi connectivity index (χ0v) is 8.84. The van der Waals surface area contributed by atoms with E-state index in [0.29, 0.717) is 11.9 Å². The maximum atomic E-state index is 9.22. The zero-order chi connectivity index (χ0) is 10.1. The molecule has 0 saturated heterocycles. The molecule has 2 heteroatoms. The summed E-state index contributed by atoms with van der Waals surface area (Å²) in [7, 11) is 0. The molecule has 0 bridgehead atoms. The predicted octanol–water partition coefficient (Wildman–Crippen LogP) is 3.04. The van der Waals surface area contributed by atoms with Crippen LogP contribution in [-0.4, -0.2) is 16.8 Å². The van der Waals surface area contributed by atoms with Gasteiger partial charge in [0, 0.05) is 5.92 Å². The first-order valence-corrected chi connectivity index (χ1v) is 4.94. The van der Waals surface area contributed by atoms with E-state index in [1.54, 1.807) is 0 Å². The van der Waals surface area contributed by atoms with Crippen LogP contribution in [0.4, 0.5) is 0 Å². The molecule has 1 fully saturated rings. The summed E-state index contributed by atoms with van der Waals surface area (Å²) in [6.07, 6.45) is 3.28. The van der Waals surface area contributed by atoms with E-state index in [0.717, 1.165) is 19.3 Å². The average Bonchev–Trinajstić information content (AvgIpc) is 2.31. The first-order valence-electron chi connectivity index (χ1n) is 4.94. The molecule has 1 aliphatic rings. The molecule has 1 rings (SSSR count). The number of hydrogen-bond acceptors (Lipinski definition) is 2. The molecule has 1 aliphatic carbocycles. The molecule has 0 aromatic rings. The van der Waals surface area contributed by atoms with Gasteiger partial charge in [0.2, 0.25) is 0 Å². The first-order chi connectivity index (χ1) is 5.88. The van der Waals surface area contributed by atoms with Gasteiger partial charge in [-0.15, -0.1) is 0 Å². The minimum absolute atomic E-state index is 0.0731. The summed E-state index contributed by atoms with van der Waals surface area (Å²) in [6.45, 7) is 9.76. The fraction of sp³-hybridized carbons (Fsp3) is 0.818. The molecule has 0 aromatic heterocycles. The van der Waals surface area contributed by atoms with Crippen molar-refractivity contribution in [3.8, 4) is 0 Å². The van der Waals surface area contributed by atoms with Crippen LogP contribution >= 0.6 is 0 Å². The van der Waals surface area contributed by atoms with E-state index < -0.39 is 0 Å². The molecule has 2 nitrogen and oxygen atoms in total. The highest BCUT2D eigenvalue weighted by molar-refractivity contribution is 4.94. The maximum absolute atomic E-state index is 9.22. The van der Waals surface area contributed by atoms with E-state index in [2.05, 4.69) is 27.4 Å². The highest BCUT2D eigenvalue weighted by Gasteiger charge is 2.29. The van der Waals surface area contributed by atoms with Gasteiger partial charge >= 0.3 is 0 Å². The molecule has 0 spiro atoms. The smallest absolute Gasteiger partial charge is 0.0882 e.